The van der Waals surface area contributed by atoms with Gasteiger partial charge in [-0.25, -0.2) is 4.98 Å². The van der Waals surface area contributed by atoms with Crippen LogP contribution in [0.1, 0.15) is 34.6 Å². The van der Waals surface area contributed by atoms with Crippen LogP contribution >= 0.6 is 23.1 Å². The fourth-order valence-corrected chi connectivity index (χ4v) is 3.65. The van der Waals surface area contributed by atoms with Crippen molar-refractivity contribution in [1.82, 2.24) is 15.3 Å². The van der Waals surface area contributed by atoms with E-state index in [9.17, 15) is 4.79 Å². The predicted molar refractivity (Wildman–Crippen MR) is 98.2 cm³/mol. The molecule has 0 bridgehead atoms. The molecule has 4 nitrogen and oxygen atoms in total. The van der Waals surface area contributed by atoms with E-state index < -0.39 is 0 Å². The molecule has 1 amide bonds. The van der Waals surface area contributed by atoms with Crippen molar-refractivity contribution >= 4 is 29.0 Å². The zero-order chi connectivity index (χ0) is 16.8. The molecule has 0 saturated heterocycles. The number of nitrogens with one attached hydrogen (secondary N) is 1. The topological polar surface area (TPSA) is 54.9 Å². The average molecular weight is 355 g/mol. The SMILES string of the molecule is CC(NC(=O)c1ccc(SCc2cscn2)cc1)c1ccncc1. The first-order valence-electron chi connectivity index (χ1n) is 7.53. The molecule has 0 radical (unpaired) electrons. The molecular formula is C18H17N3OS2. The molecule has 122 valence electrons. The largest absolute Gasteiger partial charge is 0.346 e. The lowest BCUT2D eigenvalue weighted by Crippen LogP contribution is -2.26. The van der Waals surface area contributed by atoms with Gasteiger partial charge in [0.05, 0.1) is 17.2 Å². The van der Waals surface area contributed by atoms with Crippen molar-refractivity contribution in [3.63, 3.8) is 0 Å². The van der Waals surface area contributed by atoms with Crippen molar-refractivity contribution in [3.8, 4) is 0 Å². The van der Waals surface area contributed by atoms with Gasteiger partial charge in [0, 0.05) is 34.0 Å². The lowest BCUT2D eigenvalue weighted by atomic mass is 10.1. The first-order valence-corrected chi connectivity index (χ1v) is 9.46. The van der Waals surface area contributed by atoms with Crippen molar-refractivity contribution in [2.24, 2.45) is 0 Å². The second kappa shape index (κ2) is 8.08. The molecule has 1 N–H and O–H groups in total. The third-order valence-electron chi connectivity index (χ3n) is 3.54. The Morgan fingerprint density at radius 2 is 1.96 bits per heavy atom. The number of benzene rings is 1. The number of thioether (sulfide) groups is 1. The number of thiazole rings is 1. The van der Waals surface area contributed by atoms with Crippen molar-refractivity contribution in [2.45, 2.75) is 23.6 Å². The minimum absolute atomic E-state index is 0.0563. The number of amides is 1. The van der Waals surface area contributed by atoms with Crippen LogP contribution in [0.5, 0.6) is 0 Å². The molecule has 0 saturated carbocycles. The second-order valence-electron chi connectivity index (χ2n) is 5.27. The molecule has 6 heteroatoms. The number of pyridine rings is 1. The molecule has 24 heavy (non-hydrogen) atoms. The van der Waals surface area contributed by atoms with E-state index >= 15 is 0 Å². The van der Waals surface area contributed by atoms with Crippen LogP contribution in [0.2, 0.25) is 0 Å². The van der Waals surface area contributed by atoms with Crippen LogP contribution in [-0.4, -0.2) is 15.9 Å². The quantitative estimate of drug-likeness (QED) is 0.669. The molecule has 0 aliphatic carbocycles. The Hall–Kier alpha value is -2.18. The normalized spacial score (nSPS) is 11.9. The molecule has 2 heterocycles. The number of carbonyl (C=O) groups is 1. The maximum Gasteiger partial charge on any atom is 0.251 e. The van der Waals surface area contributed by atoms with E-state index in [1.54, 1.807) is 35.5 Å². The minimum Gasteiger partial charge on any atom is -0.346 e. The third kappa shape index (κ3) is 4.43. The lowest BCUT2D eigenvalue weighted by Gasteiger charge is -2.14. The summed E-state index contributed by atoms with van der Waals surface area (Å²) >= 11 is 3.32. The highest BCUT2D eigenvalue weighted by Crippen LogP contribution is 2.23. The highest BCUT2D eigenvalue weighted by molar-refractivity contribution is 7.98. The van der Waals surface area contributed by atoms with E-state index in [1.165, 1.54) is 0 Å². The molecule has 0 spiro atoms. The summed E-state index contributed by atoms with van der Waals surface area (Å²) in [7, 11) is 0. The first kappa shape index (κ1) is 16.7. The summed E-state index contributed by atoms with van der Waals surface area (Å²) in [6.45, 7) is 1.96. The zero-order valence-corrected chi connectivity index (χ0v) is 14.8. The zero-order valence-electron chi connectivity index (χ0n) is 13.2. The second-order valence-corrected chi connectivity index (χ2v) is 7.04. The molecule has 0 aliphatic rings. The molecule has 0 fully saturated rings. The molecule has 1 atom stereocenters. The molecule has 1 aromatic carbocycles. The van der Waals surface area contributed by atoms with Crippen LogP contribution in [0.3, 0.4) is 0 Å². The number of nitrogens with zero attached hydrogens (tertiary/aromatic N) is 2. The summed E-state index contributed by atoms with van der Waals surface area (Å²) in [5, 5.41) is 5.06. The molecular weight excluding hydrogens is 338 g/mol. The predicted octanol–water partition coefficient (Wildman–Crippen LogP) is 4.32. The number of rotatable bonds is 6. The van der Waals surface area contributed by atoms with Crippen molar-refractivity contribution in [3.05, 3.63) is 76.5 Å². The Morgan fingerprint density at radius 3 is 2.62 bits per heavy atom. The van der Waals surface area contributed by atoms with E-state index in [0.29, 0.717) is 5.56 Å². The van der Waals surface area contributed by atoms with Crippen LogP contribution in [-0.2, 0) is 5.75 Å². The van der Waals surface area contributed by atoms with Crippen LogP contribution in [0, 0.1) is 0 Å². The van der Waals surface area contributed by atoms with E-state index in [0.717, 1.165) is 21.9 Å². The first-order chi connectivity index (χ1) is 11.7. The molecule has 0 aliphatic heterocycles. The minimum atomic E-state index is -0.0737. The number of carbonyl (C=O) groups excluding carboxylic acids is 1. The Bertz CT molecular complexity index is 774. The van der Waals surface area contributed by atoms with Gasteiger partial charge in [-0.2, -0.15) is 0 Å². The van der Waals surface area contributed by atoms with Crippen molar-refractivity contribution in [2.75, 3.05) is 0 Å². The van der Waals surface area contributed by atoms with Gasteiger partial charge in [0.25, 0.3) is 5.91 Å². The Kier molecular flexibility index (Phi) is 5.61. The number of aromatic nitrogens is 2. The molecule has 3 rings (SSSR count). The summed E-state index contributed by atoms with van der Waals surface area (Å²) < 4.78 is 0. The number of hydrogen-bond acceptors (Lipinski definition) is 5. The van der Waals surface area contributed by atoms with Gasteiger partial charge >= 0.3 is 0 Å². The van der Waals surface area contributed by atoms with Crippen molar-refractivity contribution < 1.29 is 4.79 Å². The Labute approximate surface area is 149 Å². The van der Waals surface area contributed by atoms with Crippen molar-refractivity contribution in [1.29, 1.82) is 0 Å². The molecule has 3 aromatic rings. The van der Waals surface area contributed by atoms with E-state index in [1.807, 2.05) is 48.8 Å². The molecule has 1 unspecified atom stereocenters. The monoisotopic (exact) mass is 355 g/mol. The summed E-state index contributed by atoms with van der Waals surface area (Å²) in [4.78, 5) is 21.7. The maximum atomic E-state index is 12.3. The van der Waals surface area contributed by atoms with Crippen LogP contribution in [0.15, 0.2) is 64.6 Å². The third-order valence-corrected chi connectivity index (χ3v) is 5.22. The average Bonchev–Trinajstić information content (AvgIpc) is 3.14. The highest BCUT2D eigenvalue weighted by Gasteiger charge is 2.11. The van der Waals surface area contributed by atoms with Gasteiger partial charge in [0.1, 0.15) is 0 Å². The summed E-state index contributed by atoms with van der Waals surface area (Å²) in [6, 6.07) is 11.4. The van der Waals surface area contributed by atoms with Gasteiger partial charge in [-0.15, -0.1) is 23.1 Å². The van der Waals surface area contributed by atoms with Gasteiger partial charge in [-0.1, -0.05) is 0 Å². The fraction of sp³-hybridized carbons (Fsp3) is 0.167. The van der Waals surface area contributed by atoms with Gasteiger partial charge in [0.15, 0.2) is 0 Å². The standard InChI is InChI=1S/C18H17N3OS2/c1-13(14-6-8-19-9-7-14)21-18(22)15-2-4-17(5-3-15)24-11-16-10-23-12-20-16/h2-10,12-13H,11H2,1H3,(H,21,22). The van der Waals surface area contributed by atoms with Gasteiger partial charge in [-0.3, -0.25) is 9.78 Å². The number of hydrogen-bond donors (Lipinski definition) is 1. The molecule has 2 aromatic heterocycles. The van der Waals surface area contributed by atoms with Gasteiger partial charge in [0.2, 0.25) is 0 Å². The summed E-state index contributed by atoms with van der Waals surface area (Å²) in [6.07, 6.45) is 3.46. The smallest absolute Gasteiger partial charge is 0.251 e. The van der Waals surface area contributed by atoms with Crippen LogP contribution in [0.4, 0.5) is 0 Å². The van der Waals surface area contributed by atoms with E-state index in [-0.39, 0.29) is 11.9 Å². The van der Waals surface area contributed by atoms with E-state index in [2.05, 4.69) is 20.7 Å². The highest BCUT2D eigenvalue weighted by atomic mass is 32.2. The van der Waals surface area contributed by atoms with Gasteiger partial charge in [-0.05, 0) is 48.9 Å². The Balaban J connectivity index is 1.57. The Morgan fingerprint density at radius 1 is 1.21 bits per heavy atom. The van der Waals surface area contributed by atoms with E-state index in [4.69, 9.17) is 0 Å². The maximum absolute atomic E-state index is 12.3. The summed E-state index contributed by atoms with van der Waals surface area (Å²) in [5.41, 5.74) is 4.62. The fourth-order valence-electron chi connectivity index (χ4n) is 2.18. The van der Waals surface area contributed by atoms with Crippen LogP contribution in [0.25, 0.3) is 0 Å². The summed E-state index contributed by atoms with van der Waals surface area (Å²) in [5.74, 6) is 0.768. The van der Waals surface area contributed by atoms with Crippen LogP contribution < -0.4 is 5.32 Å². The van der Waals surface area contributed by atoms with Gasteiger partial charge < -0.3 is 5.32 Å². The lowest BCUT2D eigenvalue weighted by molar-refractivity contribution is 0.0940.